The van der Waals surface area contributed by atoms with Gasteiger partial charge in [0.1, 0.15) is 17.4 Å². The van der Waals surface area contributed by atoms with Crippen LogP contribution in [0, 0.1) is 11.6 Å². The van der Waals surface area contributed by atoms with Gasteiger partial charge < -0.3 is 19.7 Å². The molecular weight excluding hydrogens is 538 g/mol. The van der Waals surface area contributed by atoms with Crippen molar-refractivity contribution in [1.29, 1.82) is 0 Å². The van der Waals surface area contributed by atoms with Crippen molar-refractivity contribution < 1.29 is 23.4 Å². The van der Waals surface area contributed by atoms with Crippen LogP contribution in [-0.2, 0) is 22.4 Å². The van der Waals surface area contributed by atoms with Gasteiger partial charge in [0.25, 0.3) is 0 Å². The van der Waals surface area contributed by atoms with Crippen LogP contribution in [0.3, 0.4) is 0 Å². The lowest BCUT2D eigenvalue weighted by Crippen LogP contribution is -2.42. The lowest BCUT2D eigenvalue weighted by Gasteiger charge is -2.34. The topological polar surface area (TPSA) is 82.6 Å². The third-order valence-electron chi connectivity index (χ3n) is 7.66. The summed E-state index contributed by atoms with van der Waals surface area (Å²) in [6.07, 6.45) is 9.50. The molecule has 1 aliphatic rings. The highest BCUT2D eigenvalue weighted by molar-refractivity contribution is 5.87. The number of aromatic hydroxyl groups is 1. The lowest BCUT2D eigenvalue weighted by atomic mass is 9.93. The summed E-state index contributed by atoms with van der Waals surface area (Å²) in [7, 11) is 0. The molecular formula is C31H39ClF2N2O4. The van der Waals surface area contributed by atoms with Crippen molar-refractivity contribution in [3.63, 3.8) is 0 Å². The summed E-state index contributed by atoms with van der Waals surface area (Å²) >= 11 is 0. The first-order valence-corrected chi connectivity index (χ1v) is 14.1. The number of aromatic amines is 1. The average Bonchev–Trinajstić information content (AvgIpc) is 2.93. The number of phenolic OH excluding ortho intramolecular Hbond substituents is 1. The van der Waals surface area contributed by atoms with Crippen LogP contribution in [0.15, 0.2) is 47.3 Å². The number of nitrogens with one attached hydrogen (secondary N) is 1. The van der Waals surface area contributed by atoms with Crippen LogP contribution in [-0.4, -0.2) is 46.7 Å². The van der Waals surface area contributed by atoms with E-state index >= 15 is 0 Å². The maximum atomic E-state index is 13.8. The number of fused-ring (bicyclic) bond motifs is 1. The van der Waals surface area contributed by atoms with Gasteiger partial charge in [0.2, 0.25) is 11.5 Å². The van der Waals surface area contributed by atoms with Gasteiger partial charge in [0.05, 0.1) is 25.2 Å². The minimum absolute atomic E-state index is 0. The molecule has 1 fully saturated rings. The molecule has 1 aliphatic carbocycles. The first kappa shape index (κ1) is 31.6. The molecule has 218 valence electrons. The molecule has 0 atom stereocenters. The number of halogens is 3. The lowest BCUT2D eigenvalue weighted by molar-refractivity contribution is -0.135. The summed E-state index contributed by atoms with van der Waals surface area (Å²) in [5.74, 6) is -1.01. The van der Waals surface area contributed by atoms with Gasteiger partial charge in [0, 0.05) is 36.0 Å². The van der Waals surface area contributed by atoms with E-state index in [1.165, 1.54) is 30.7 Å². The van der Waals surface area contributed by atoms with Gasteiger partial charge in [-0.25, -0.2) is 8.78 Å². The SMILES string of the molecule is Cl.O=C(CCOCCc1c(F)cccc1F)N(CCCCCc1ccc(O)c2[nH]c(=O)ccc12)C1CCCCC1. The smallest absolute Gasteiger partial charge is 0.248 e. The Hall–Kier alpha value is -2.97. The zero-order valence-electron chi connectivity index (χ0n) is 22.8. The van der Waals surface area contributed by atoms with E-state index in [-0.39, 0.29) is 67.3 Å². The molecule has 2 aromatic carbocycles. The van der Waals surface area contributed by atoms with Gasteiger partial charge >= 0.3 is 0 Å². The summed E-state index contributed by atoms with van der Waals surface area (Å²) in [5, 5.41) is 10.9. The minimum atomic E-state index is -0.577. The largest absolute Gasteiger partial charge is 0.506 e. The van der Waals surface area contributed by atoms with Gasteiger partial charge in [-0.3, -0.25) is 9.59 Å². The number of phenols is 1. The van der Waals surface area contributed by atoms with Crippen LogP contribution in [0.25, 0.3) is 10.9 Å². The highest BCUT2D eigenvalue weighted by Crippen LogP contribution is 2.27. The van der Waals surface area contributed by atoms with Crippen LogP contribution >= 0.6 is 12.4 Å². The summed E-state index contributed by atoms with van der Waals surface area (Å²) in [4.78, 5) is 29.5. The summed E-state index contributed by atoms with van der Waals surface area (Å²) in [5.41, 5.74) is 1.31. The first-order chi connectivity index (χ1) is 18.9. The zero-order chi connectivity index (χ0) is 27.6. The molecule has 0 radical (unpaired) electrons. The van der Waals surface area contributed by atoms with Crippen LogP contribution < -0.4 is 5.56 Å². The molecule has 4 rings (SSSR count). The van der Waals surface area contributed by atoms with Crippen molar-refractivity contribution in [3.8, 4) is 5.75 Å². The molecule has 1 amide bonds. The number of rotatable bonds is 13. The second kappa shape index (κ2) is 15.7. The molecule has 3 aromatic rings. The summed E-state index contributed by atoms with van der Waals surface area (Å²) in [6.45, 7) is 1.09. The molecule has 1 saturated carbocycles. The fourth-order valence-electron chi connectivity index (χ4n) is 5.54. The maximum absolute atomic E-state index is 13.8. The number of nitrogens with zero attached hydrogens (tertiary/aromatic N) is 1. The van der Waals surface area contributed by atoms with Crippen molar-refractivity contribution in [1.82, 2.24) is 9.88 Å². The predicted molar refractivity (Wildman–Crippen MR) is 155 cm³/mol. The van der Waals surface area contributed by atoms with Gasteiger partial charge in [0.15, 0.2) is 0 Å². The van der Waals surface area contributed by atoms with Crippen LogP contribution in [0.4, 0.5) is 8.78 Å². The second-order valence-corrected chi connectivity index (χ2v) is 10.4. The van der Waals surface area contributed by atoms with Crippen LogP contribution in [0.2, 0.25) is 0 Å². The van der Waals surface area contributed by atoms with Crippen molar-refractivity contribution in [2.24, 2.45) is 0 Å². The number of unbranched alkanes of at least 4 members (excludes halogenated alkanes) is 2. The van der Waals surface area contributed by atoms with Crippen molar-refractivity contribution in [2.45, 2.75) is 76.7 Å². The summed E-state index contributed by atoms with van der Waals surface area (Å²) < 4.78 is 33.2. The van der Waals surface area contributed by atoms with E-state index in [9.17, 15) is 23.5 Å². The second-order valence-electron chi connectivity index (χ2n) is 10.4. The van der Waals surface area contributed by atoms with E-state index in [1.807, 2.05) is 11.0 Å². The average molecular weight is 577 g/mol. The number of amides is 1. The predicted octanol–water partition coefficient (Wildman–Crippen LogP) is 6.46. The van der Waals surface area contributed by atoms with Crippen molar-refractivity contribution in [3.05, 3.63) is 75.6 Å². The molecule has 0 unspecified atom stereocenters. The molecule has 0 saturated heterocycles. The quantitative estimate of drug-likeness (QED) is 0.229. The van der Waals surface area contributed by atoms with Gasteiger partial charge in [-0.15, -0.1) is 12.4 Å². The van der Waals surface area contributed by atoms with Crippen molar-refractivity contribution >= 4 is 29.2 Å². The third-order valence-corrected chi connectivity index (χ3v) is 7.66. The molecule has 9 heteroatoms. The number of benzene rings is 2. The van der Waals surface area contributed by atoms with E-state index in [0.29, 0.717) is 12.1 Å². The van der Waals surface area contributed by atoms with Crippen LogP contribution in [0.1, 0.15) is 68.9 Å². The zero-order valence-corrected chi connectivity index (χ0v) is 23.6. The van der Waals surface area contributed by atoms with E-state index in [1.54, 1.807) is 12.1 Å². The molecule has 1 aromatic heterocycles. The minimum Gasteiger partial charge on any atom is -0.506 e. The van der Waals surface area contributed by atoms with Gasteiger partial charge in [-0.2, -0.15) is 0 Å². The van der Waals surface area contributed by atoms with Gasteiger partial charge in [-0.1, -0.05) is 37.8 Å². The molecule has 0 aliphatic heterocycles. The molecule has 0 bridgehead atoms. The highest BCUT2D eigenvalue weighted by atomic mass is 35.5. The molecule has 0 spiro atoms. The Morgan fingerprint density at radius 2 is 1.70 bits per heavy atom. The van der Waals surface area contributed by atoms with Crippen LogP contribution in [0.5, 0.6) is 5.75 Å². The number of carbonyl (C=O) groups is 1. The molecule has 6 nitrogen and oxygen atoms in total. The number of hydrogen-bond donors (Lipinski definition) is 2. The fourth-order valence-corrected chi connectivity index (χ4v) is 5.54. The Labute approximate surface area is 240 Å². The molecule has 2 N–H and O–H groups in total. The van der Waals surface area contributed by atoms with E-state index < -0.39 is 11.6 Å². The Kier molecular flexibility index (Phi) is 12.4. The Bertz CT molecular complexity index is 1290. The standard InChI is InChI=1S/C31H38F2N2O4.ClH/c32-26-11-7-12-27(33)25(26)17-20-39-21-18-30(38)35(23-9-4-1-5-10-23)19-6-2-3-8-22-13-15-28(36)31-24(22)14-16-29(37)34-31;/h7,11-16,23,36H,1-6,8-10,17-21H2,(H,34,37);1H. The number of aromatic nitrogens is 1. The first-order valence-electron chi connectivity index (χ1n) is 14.1. The van der Waals surface area contributed by atoms with Gasteiger partial charge in [-0.05, 0) is 61.9 Å². The number of hydrogen-bond acceptors (Lipinski definition) is 4. The number of carbonyl (C=O) groups excluding carboxylic acids is 1. The third kappa shape index (κ3) is 8.51. The van der Waals surface area contributed by atoms with E-state index in [4.69, 9.17) is 4.74 Å². The summed E-state index contributed by atoms with van der Waals surface area (Å²) in [6, 6.07) is 10.8. The number of ether oxygens (including phenoxy) is 1. The monoisotopic (exact) mass is 576 g/mol. The van der Waals surface area contributed by atoms with Crippen molar-refractivity contribution in [2.75, 3.05) is 19.8 Å². The normalized spacial score (nSPS) is 13.8. The Balaban J connectivity index is 0.00000441. The Morgan fingerprint density at radius 3 is 2.45 bits per heavy atom. The maximum Gasteiger partial charge on any atom is 0.248 e. The number of H-pyrrole nitrogens is 1. The van der Waals surface area contributed by atoms with E-state index in [0.717, 1.165) is 62.3 Å². The molecule has 1 heterocycles. The number of pyridine rings is 1. The number of aryl methyl sites for hydroxylation is 1. The van der Waals surface area contributed by atoms with E-state index in [2.05, 4.69) is 4.98 Å². The Morgan fingerprint density at radius 1 is 0.950 bits per heavy atom. The molecule has 40 heavy (non-hydrogen) atoms. The fraction of sp³-hybridized carbons (Fsp3) is 0.484. The highest BCUT2D eigenvalue weighted by Gasteiger charge is 2.24.